The van der Waals surface area contributed by atoms with Crippen molar-refractivity contribution >= 4 is 51.6 Å². The van der Waals surface area contributed by atoms with Gasteiger partial charge in [-0.1, -0.05) is 18.2 Å². The van der Waals surface area contributed by atoms with Crippen molar-refractivity contribution in [3.8, 4) is 17.4 Å². The van der Waals surface area contributed by atoms with Gasteiger partial charge in [-0.2, -0.15) is 0 Å². The second-order valence-electron chi connectivity index (χ2n) is 8.03. The molecule has 2 N–H and O–H groups in total. The molecule has 0 bridgehead atoms. The molecule has 0 aliphatic rings. The number of halogens is 1. The van der Waals surface area contributed by atoms with Crippen LogP contribution in [-0.2, 0) is 16.1 Å². The second-order valence-corrected chi connectivity index (χ2v) is 8.91. The van der Waals surface area contributed by atoms with Crippen molar-refractivity contribution in [3.63, 3.8) is 0 Å². The van der Waals surface area contributed by atoms with E-state index in [2.05, 4.69) is 20.4 Å². The minimum Gasteiger partial charge on any atom is -0.493 e. The summed E-state index contributed by atoms with van der Waals surface area (Å²) in [6.07, 6.45) is 0. The highest BCUT2D eigenvalue weighted by molar-refractivity contribution is 7.13. The summed E-state index contributed by atoms with van der Waals surface area (Å²) in [6.45, 7) is 0.0544. The number of carbonyl (C=O) groups is 3. The topological polar surface area (TPSA) is 134 Å². The molecular weight excluding hydrogens is 545 g/mol. The van der Waals surface area contributed by atoms with Gasteiger partial charge in [-0.15, -0.1) is 11.3 Å². The first-order valence-electron chi connectivity index (χ1n) is 11.6. The number of esters is 2. The minimum absolute atomic E-state index is 0.0148. The molecule has 13 heteroatoms. The van der Waals surface area contributed by atoms with Crippen LogP contribution in [0.2, 0.25) is 0 Å². The summed E-state index contributed by atoms with van der Waals surface area (Å²) in [4.78, 5) is 41.5. The number of para-hydroxylation sites is 1. The van der Waals surface area contributed by atoms with E-state index < -0.39 is 23.8 Å². The van der Waals surface area contributed by atoms with Gasteiger partial charge in [0, 0.05) is 34.5 Å². The molecule has 2 heterocycles. The molecule has 4 aromatic rings. The maximum atomic E-state index is 14.9. The van der Waals surface area contributed by atoms with E-state index in [1.165, 1.54) is 25.7 Å². The van der Waals surface area contributed by atoms with Crippen LogP contribution in [-0.4, -0.2) is 51.4 Å². The highest BCUT2D eigenvalue weighted by Gasteiger charge is 2.26. The molecule has 0 unspecified atom stereocenters. The SMILES string of the molecule is COC(=O)c1scc(NC(=O)Nc2cc(OCc3cccc4ccc(OC)nc34)c(OC)cc2F)c1C(=O)OC. The molecule has 2 aromatic heterocycles. The van der Waals surface area contributed by atoms with Gasteiger partial charge in [-0.05, 0) is 6.07 Å². The van der Waals surface area contributed by atoms with Crippen molar-refractivity contribution < 1.29 is 42.5 Å². The number of nitrogens with one attached hydrogen (secondary N) is 2. The van der Waals surface area contributed by atoms with Crippen LogP contribution in [0.3, 0.4) is 0 Å². The molecule has 11 nitrogen and oxygen atoms in total. The maximum absolute atomic E-state index is 14.9. The fraction of sp³-hybridized carbons (Fsp3) is 0.185. The first-order chi connectivity index (χ1) is 19.3. The molecule has 0 atom stereocenters. The Labute approximate surface area is 231 Å². The van der Waals surface area contributed by atoms with Crippen LogP contribution in [0.25, 0.3) is 10.9 Å². The summed E-state index contributed by atoms with van der Waals surface area (Å²) in [5.74, 6) is -1.74. The zero-order chi connectivity index (χ0) is 28.8. The third-order valence-corrected chi connectivity index (χ3v) is 6.63. The van der Waals surface area contributed by atoms with Gasteiger partial charge in [-0.25, -0.2) is 23.8 Å². The van der Waals surface area contributed by atoms with Crippen LogP contribution in [0.15, 0.2) is 47.8 Å². The van der Waals surface area contributed by atoms with Crippen LogP contribution >= 0.6 is 11.3 Å². The number of ether oxygens (including phenoxy) is 5. The lowest BCUT2D eigenvalue weighted by Gasteiger charge is -2.15. The Kier molecular flexibility index (Phi) is 8.64. The molecule has 0 aliphatic carbocycles. The van der Waals surface area contributed by atoms with E-state index in [-0.39, 0.29) is 39.9 Å². The number of anilines is 2. The fourth-order valence-electron chi connectivity index (χ4n) is 3.75. The molecule has 0 fully saturated rings. The predicted octanol–water partition coefficient (Wildman–Crippen LogP) is 5.25. The van der Waals surface area contributed by atoms with Crippen molar-refractivity contribution in [3.05, 3.63) is 69.7 Å². The van der Waals surface area contributed by atoms with E-state index in [1.807, 2.05) is 24.3 Å². The minimum atomic E-state index is -0.889. The van der Waals surface area contributed by atoms with Crippen molar-refractivity contribution in [2.45, 2.75) is 6.61 Å². The van der Waals surface area contributed by atoms with Gasteiger partial charge in [0.1, 0.15) is 17.0 Å². The van der Waals surface area contributed by atoms with E-state index in [0.717, 1.165) is 42.6 Å². The predicted molar refractivity (Wildman–Crippen MR) is 145 cm³/mol. The van der Waals surface area contributed by atoms with Gasteiger partial charge in [0.25, 0.3) is 0 Å². The summed E-state index contributed by atoms with van der Waals surface area (Å²) >= 11 is 0.877. The number of hydrogen-bond acceptors (Lipinski definition) is 10. The number of thiophene rings is 1. The van der Waals surface area contributed by atoms with E-state index >= 15 is 0 Å². The van der Waals surface area contributed by atoms with Gasteiger partial charge in [0.2, 0.25) is 5.88 Å². The van der Waals surface area contributed by atoms with Crippen LogP contribution in [0.4, 0.5) is 20.6 Å². The lowest BCUT2D eigenvalue weighted by atomic mass is 10.1. The Hall–Kier alpha value is -4.91. The molecule has 208 valence electrons. The maximum Gasteiger partial charge on any atom is 0.349 e. The molecule has 0 radical (unpaired) electrons. The van der Waals surface area contributed by atoms with Gasteiger partial charge >= 0.3 is 18.0 Å². The van der Waals surface area contributed by atoms with Crippen LogP contribution < -0.4 is 24.8 Å². The Bertz CT molecular complexity index is 1590. The summed E-state index contributed by atoms with van der Waals surface area (Å²) < 4.78 is 40.7. The number of fused-ring (bicyclic) bond motifs is 1. The van der Waals surface area contributed by atoms with Crippen LogP contribution in [0, 0.1) is 5.82 Å². The van der Waals surface area contributed by atoms with E-state index in [9.17, 15) is 18.8 Å². The highest BCUT2D eigenvalue weighted by Crippen LogP contribution is 2.34. The number of benzene rings is 2. The van der Waals surface area contributed by atoms with Gasteiger partial charge in [-0.3, -0.25) is 0 Å². The zero-order valence-electron chi connectivity index (χ0n) is 21.8. The molecule has 0 saturated heterocycles. The van der Waals surface area contributed by atoms with E-state index in [4.69, 9.17) is 18.9 Å². The smallest absolute Gasteiger partial charge is 0.349 e. The van der Waals surface area contributed by atoms with Crippen LogP contribution in [0.5, 0.6) is 17.4 Å². The first kappa shape index (κ1) is 28.1. The quantitative estimate of drug-likeness (QED) is 0.259. The second kappa shape index (κ2) is 12.3. The molecular formula is C27H24FN3O8S. The first-order valence-corrected chi connectivity index (χ1v) is 12.5. The molecule has 4 rings (SSSR count). The Morgan fingerprint density at radius 1 is 0.900 bits per heavy atom. The molecule has 40 heavy (non-hydrogen) atoms. The standard InChI is InChI=1S/C27H24FN3O8S/c1-35-19-10-16(28)17(29-27(34)30-18-13-40-24(26(33)38-4)22(18)25(32)37-3)11-20(19)39-12-15-7-5-6-14-8-9-21(36-2)31-23(14)15/h5-11,13H,12H2,1-4H3,(H2,29,30,34). The van der Waals surface area contributed by atoms with E-state index in [1.54, 1.807) is 6.07 Å². The average Bonchev–Trinajstić information content (AvgIpc) is 3.39. The number of methoxy groups -OCH3 is 4. The third kappa shape index (κ3) is 5.89. The monoisotopic (exact) mass is 569 g/mol. The lowest BCUT2D eigenvalue weighted by molar-refractivity contribution is 0.0561. The number of pyridine rings is 1. The molecule has 2 aromatic carbocycles. The summed E-state index contributed by atoms with van der Waals surface area (Å²) in [7, 11) is 5.16. The summed E-state index contributed by atoms with van der Waals surface area (Å²) in [6, 6.07) is 10.7. The number of urea groups is 1. The fourth-order valence-corrected chi connectivity index (χ4v) is 4.66. The number of amides is 2. The molecule has 2 amide bonds. The van der Waals surface area contributed by atoms with E-state index in [0.29, 0.717) is 11.4 Å². The third-order valence-electron chi connectivity index (χ3n) is 5.67. The van der Waals surface area contributed by atoms with Gasteiger partial charge in [0.15, 0.2) is 17.3 Å². The number of nitrogens with zero attached hydrogens (tertiary/aromatic N) is 1. The summed E-state index contributed by atoms with van der Waals surface area (Å²) in [5.41, 5.74) is 0.982. The summed E-state index contributed by atoms with van der Waals surface area (Å²) in [5, 5.41) is 7.05. The molecule has 0 aliphatic heterocycles. The molecule has 0 spiro atoms. The molecule has 0 saturated carbocycles. The highest BCUT2D eigenvalue weighted by atomic mass is 32.1. The normalized spacial score (nSPS) is 10.5. The Morgan fingerprint density at radius 3 is 2.35 bits per heavy atom. The number of rotatable bonds is 9. The van der Waals surface area contributed by atoms with Gasteiger partial charge in [0.05, 0.1) is 45.3 Å². The average molecular weight is 570 g/mol. The van der Waals surface area contributed by atoms with Crippen molar-refractivity contribution in [2.24, 2.45) is 0 Å². The van der Waals surface area contributed by atoms with Crippen molar-refractivity contribution in [2.75, 3.05) is 39.1 Å². The van der Waals surface area contributed by atoms with Crippen LogP contribution in [0.1, 0.15) is 25.6 Å². The van der Waals surface area contributed by atoms with Crippen molar-refractivity contribution in [1.29, 1.82) is 0 Å². The Balaban J connectivity index is 1.56. The number of hydrogen-bond donors (Lipinski definition) is 2. The zero-order valence-corrected chi connectivity index (χ0v) is 22.6. The number of carbonyl (C=O) groups excluding carboxylic acids is 3. The lowest BCUT2D eigenvalue weighted by Crippen LogP contribution is -2.22. The largest absolute Gasteiger partial charge is 0.493 e. The Morgan fingerprint density at radius 2 is 1.65 bits per heavy atom. The number of aromatic nitrogens is 1. The van der Waals surface area contributed by atoms with Crippen molar-refractivity contribution in [1.82, 2.24) is 4.98 Å². The van der Waals surface area contributed by atoms with Gasteiger partial charge < -0.3 is 34.3 Å².